The molecular weight excluding hydrogens is 494 g/mol. The zero-order valence-corrected chi connectivity index (χ0v) is 19.9. The first kappa shape index (κ1) is 24.7. The lowest BCUT2D eigenvalue weighted by Gasteiger charge is -2.13. The van der Waals surface area contributed by atoms with Gasteiger partial charge in [-0.05, 0) is 72.8 Å². The van der Waals surface area contributed by atoms with Crippen LogP contribution in [0.15, 0.2) is 72.8 Å². The number of halogens is 3. The maximum Gasteiger partial charge on any atom is 0.487 e. The van der Waals surface area contributed by atoms with Crippen molar-refractivity contribution >= 4 is 46.5 Å². The first-order chi connectivity index (χ1) is 17.3. The van der Waals surface area contributed by atoms with E-state index < -0.39 is 5.57 Å². The van der Waals surface area contributed by atoms with E-state index in [0.717, 1.165) is 11.4 Å². The minimum absolute atomic E-state index is 0.0973. The Balaban J connectivity index is 1.58. The fourth-order valence-electron chi connectivity index (χ4n) is 3.02. The van der Waals surface area contributed by atoms with Crippen molar-refractivity contribution in [2.24, 2.45) is 0 Å². The van der Waals surface area contributed by atoms with E-state index in [1.54, 1.807) is 38.5 Å². The second kappa shape index (κ2) is 10.9. The second-order valence-corrected chi connectivity index (χ2v) is 7.65. The van der Waals surface area contributed by atoms with E-state index in [1.165, 1.54) is 24.3 Å². The van der Waals surface area contributed by atoms with E-state index in [9.17, 15) is 8.78 Å². The summed E-state index contributed by atoms with van der Waals surface area (Å²) in [6.07, 6.45) is 0. The maximum atomic E-state index is 12.9. The van der Waals surface area contributed by atoms with Gasteiger partial charge in [0.2, 0.25) is 17.8 Å². The molecule has 0 aliphatic rings. The van der Waals surface area contributed by atoms with Crippen LogP contribution in [-0.2, 0) is 0 Å². The summed E-state index contributed by atoms with van der Waals surface area (Å²) in [5, 5.41) is 9.27. The number of alkyl halides is 3. The molecule has 9 nitrogen and oxygen atoms in total. The number of aromatic nitrogens is 3. The smallest absolute Gasteiger partial charge is 0.487 e. The summed E-state index contributed by atoms with van der Waals surface area (Å²) in [6.45, 7) is 0. The summed E-state index contributed by atoms with van der Waals surface area (Å²) in [5.41, 5.74) is -1.82. The molecular formula is C24H21ClF2N6O3. The third-order valence-corrected chi connectivity index (χ3v) is 4.75. The SMILES string of the molecule is COc1ccc(Nc2nc(Nc3ccc(OC)cc3)nc(Nc3ccc(OC(F)(F)Cl)cc3)n2)cc1. The molecule has 186 valence electrons. The minimum Gasteiger partial charge on any atom is -0.497 e. The Bertz CT molecular complexity index is 1220. The summed E-state index contributed by atoms with van der Waals surface area (Å²) in [4.78, 5) is 13.3. The van der Waals surface area contributed by atoms with Crippen LogP contribution in [0.25, 0.3) is 0 Å². The molecule has 12 heteroatoms. The third kappa shape index (κ3) is 7.06. The van der Waals surface area contributed by atoms with Gasteiger partial charge in [0, 0.05) is 28.7 Å². The van der Waals surface area contributed by atoms with Crippen LogP contribution in [0.5, 0.6) is 17.2 Å². The normalized spacial score (nSPS) is 10.9. The molecule has 0 aliphatic heterocycles. The predicted octanol–water partition coefficient (Wildman–Crippen LogP) is 6.29. The number of nitrogens with one attached hydrogen (secondary N) is 3. The van der Waals surface area contributed by atoms with Crippen molar-refractivity contribution in [2.45, 2.75) is 5.57 Å². The Labute approximate surface area is 210 Å². The van der Waals surface area contributed by atoms with Crippen molar-refractivity contribution < 1.29 is 23.0 Å². The quantitative estimate of drug-likeness (QED) is 0.211. The van der Waals surface area contributed by atoms with Crippen molar-refractivity contribution in [3.8, 4) is 17.2 Å². The molecule has 36 heavy (non-hydrogen) atoms. The molecule has 0 fully saturated rings. The van der Waals surface area contributed by atoms with Crippen molar-refractivity contribution in [3.63, 3.8) is 0 Å². The highest BCUT2D eigenvalue weighted by Crippen LogP contribution is 2.27. The molecule has 0 amide bonds. The first-order valence-electron chi connectivity index (χ1n) is 10.5. The van der Waals surface area contributed by atoms with Crippen molar-refractivity contribution in [1.82, 2.24) is 15.0 Å². The minimum atomic E-state index is -3.80. The molecule has 0 atom stereocenters. The number of rotatable bonds is 10. The van der Waals surface area contributed by atoms with Gasteiger partial charge in [0.1, 0.15) is 17.2 Å². The standard InChI is InChI=1S/C24H21ClF2N6O3/c1-34-18-9-3-15(4-10-18)28-21-31-22(29-16-5-11-19(35-2)12-6-16)33-23(32-21)30-17-7-13-20(14-8-17)36-24(25,26)27/h3-14H,1-2H3,(H3,28,29,30,31,32,33). The third-order valence-electron chi connectivity index (χ3n) is 4.67. The Morgan fingerprint density at radius 3 is 1.17 bits per heavy atom. The van der Waals surface area contributed by atoms with E-state index in [2.05, 4.69) is 35.6 Å². The van der Waals surface area contributed by atoms with Crippen LogP contribution in [0.1, 0.15) is 0 Å². The molecule has 0 radical (unpaired) electrons. The van der Waals surface area contributed by atoms with Gasteiger partial charge in [-0.25, -0.2) is 0 Å². The van der Waals surface area contributed by atoms with E-state index >= 15 is 0 Å². The summed E-state index contributed by atoms with van der Waals surface area (Å²) >= 11 is 4.81. The van der Waals surface area contributed by atoms with Crippen LogP contribution in [0.3, 0.4) is 0 Å². The average molecular weight is 515 g/mol. The Morgan fingerprint density at radius 2 is 0.889 bits per heavy atom. The maximum absolute atomic E-state index is 12.9. The molecule has 0 bridgehead atoms. The zero-order chi connectivity index (χ0) is 25.5. The number of ether oxygens (including phenoxy) is 3. The van der Waals surface area contributed by atoms with Crippen LogP contribution in [0.4, 0.5) is 43.7 Å². The summed E-state index contributed by atoms with van der Waals surface area (Å²) in [6, 6.07) is 20.2. The van der Waals surface area contributed by atoms with Crippen LogP contribution < -0.4 is 30.2 Å². The zero-order valence-electron chi connectivity index (χ0n) is 19.1. The summed E-state index contributed by atoms with van der Waals surface area (Å²) < 4.78 is 40.4. The number of hydrogen-bond donors (Lipinski definition) is 3. The van der Waals surface area contributed by atoms with Gasteiger partial charge in [-0.3, -0.25) is 0 Å². The van der Waals surface area contributed by atoms with Gasteiger partial charge in [0.15, 0.2) is 0 Å². The highest BCUT2D eigenvalue weighted by Gasteiger charge is 2.27. The van der Waals surface area contributed by atoms with E-state index in [1.807, 2.05) is 24.3 Å². The molecule has 3 aromatic carbocycles. The van der Waals surface area contributed by atoms with Gasteiger partial charge in [0.05, 0.1) is 14.2 Å². The monoisotopic (exact) mass is 514 g/mol. The van der Waals surface area contributed by atoms with E-state index in [4.69, 9.17) is 21.1 Å². The van der Waals surface area contributed by atoms with Crippen molar-refractivity contribution in [3.05, 3.63) is 72.8 Å². The number of methoxy groups -OCH3 is 2. The lowest BCUT2D eigenvalue weighted by Crippen LogP contribution is -2.15. The number of anilines is 6. The average Bonchev–Trinajstić information content (AvgIpc) is 2.85. The molecule has 1 aromatic heterocycles. The van der Waals surface area contributed by atoms with Crippen molar-refractivity contribution in [1.29, 1.82) is 0 Å². The summed E-state index contributed by atoms with van der Waals surface area (Å²) in [7, 11) is 3.17. The molecule has 0 saturated heterocycles. The molecule has 4 rings (SSSR count). The largest absolute Gasteiger partial charge is 0.497 e. The molecule has 0 spiro atoms. The topological polar surface area (TPSA) is 102 Å². The van der Waals surface area contributed by atoms with Gasteiger partial charge in [0.25, 0.3) is 0 Å². The molecule has 0 saturated carbocycles. The first-order valence-corrected chi connectivity index (χ1v) is 10.9. The Morgan fingerprint density at radius 1 is 0.583 bits per heavy atom. The van der Waals surface area contributed by atoms with Gasteiger partial charge < -0.3 is 30.2 Å². The highest BCUT2D eigenvalue weighted by molar-refractivity contribution is 6.20. The van der Waals surface area contributed by atoms with Gasteiger partial charge >= 0.3 is 5.57 Å². The van der Waals surface area contributed by atoms with Gasteiger partial charge in [-0.1, -0.05) is 0 Å². The van der Waals surface area contributed by atoms with Crippen molar-refractivity contribution in [2.75, 3.05) is 30.2 Å². The van der Waals surface area contributed by atoms with E-state index in [0.29, 0.717) is 17.2 Å². The number of benzene rings is 3. The van der Waals surface area contributed by atoms with Gasteiger partial charge in [-0.2, -0.15) is 15.0 Å². The molecule has 4 aromatic rings. The number of hydrogen-bond acceptors (Lipinski definition) is 9. The van der Waals surface area contributed by atoms with Crippen LogP contribution in [-0.4, -0.2) is 34.7 Å². The highest BCUT2D eigenvalue weighted by atomic mass is 35.5. The lowest BCUT2D eigenvalue weighted by molar-refractivity contribution is -0.0964. The molecule has 1 heterocycles. The molecule has 0 unspecified atom stereocenters. The second-order valence-electron chi connectivity index (χ2n) is 7.21. The molecule has 3 N–H and O–H groups in total. The van der Waals surface area contributed by atoms with Crippen LogP contribution >= 0.6 is 11.6 Å². The summed E-state index contributed by atoms with van der Waals surface area (Å²) in [5.74, 6) is 2.04. The van der Waals surface area contributed by atoms with Gasteiger partial charge in [-0.15, -0.1) is 8.78 Å². The molecule has 0 aliphatic carbocycles. The van der Waals surface area contributed by atoms with Crippen LogP contribution in [0, 0.1) is 0 Å². The number of nitrogens with zero attached hydrogens (tertiary/aromatic N) is 3. The fraction of sp³-hybridized carbons (Fsp3) is 0.125. The Hall–Kier alpha value is -4.38. The predicted molar refractivity (Wildman–Crippen MR) is 134 cm³/mol. The van der Waals surface area contributed by atoms with Crippen LogP contribution in [0.2, 0.25) is 0 Å². The lowest BCUT2D eigenvalue weighted by atomic mass is 10.3. The van der Waals surface area contributed by atoms with E-state index in [-0.39, 0.29) is 23.6 Å². The Kier molecular flexibility index (Phi) is 7.50. The fourth-order valence-corrected chi connectivity index (χ4v) is 3.11.